The van der Waals surface area contributed by atoms with E-state index in [2.05, 4.69) is 22.2 Å². The minimum absolute atomic E-state index is 0.0714. The molecule has 1 aliphatic rings. The zero-order valence-corrected chi connectivity index (χ0v) is 11.5. The molecule has 1 aromatic heterocycles. The topological polar surface area (TPSA) is 57.8 Å². The first-order chi connectivity index (χ1) is 7.66. The standard InChI is InChI=1S/C11H16IN3O/c1-7-2-3-8(4-7)5-13-10-9(12)11(16)15-6-14-10/h6-8H,2-5H2,1H3,(H2,13,14,15,16). The third kappa shape index (κ3) is 2.75. The Morgan fingerprint density at radius 2 is 2.44 bits per heavy atom. The highest BCUT2D eigenvalue weighted by molar-refractivity contribution is 14.1. The van der Waals surface area contributed by atoms with Gasteiger partial charge in [0.15, 0.2) is 0 Å². The summed E-state index contributed by atoms with van der Waals surface area (Å²) in [5, 5.41) is 3.28. The van der Waals surface area contributed by atoms with E-state index in [1.807, 2.05) is 22.6 Å². The molecule has 1 heterocycles. The summed E-state index contributed by atoms with van der Waals surface area (Å²) in [6, 6.07) is 0. The Morgan fingerprint density at radius 1 is 1.62 bits per heavy atom. The molecule has 16 heavy (non-hydrogen) atoms. The molecule has 0 spiro atoms. The van der Waals surface area contributed by atoms with Crippen molar-refractivity contribution in [1.82, 2.24) is 9.97 Å². The molecule has 2 rings (SSSR count). The maximum Gasteiger partial charge on any atom is 0.266 e. The molecule has 0 saturated heterocycles. The second-order valence-electron chi connectivity index (χ2n) is 4.56. The highest BCUT2D eigenvalue weighted by Crippen LogP contribution is 2.30. The van der Waals surface area contributed by atoms with Gasteiger partial charge in [0, 0.05) is 6.54 Å². The first-order valence-corrected chi connectivity index (χ1v) is 6.71. The molecule has 2 atom stereocenters. The number of aromatic nitrogens is 2. The first-order valence-electron chi connectivity index (χ1n) is 5.64. The second kappa shape index (κ2) is 5.16. The Morgan fingerprint density at radius 3 is 3.12 bits per heavy atom. The van der Waals surface area contributed by atoms with E-state index in [9.17, 15) is 4.79 Å². The Balaban J connectivity index is 1.95. The SMILES string of the molecule is CC1CCC(CNc2nc[nH]c(=O)c2I)C1. The van der Waals surface area contributed by atoms with Gasteiger partial charge in [0.25, 0.3) is 5.56 Å². The molecule has 0 aliphatic heterocycles. The number of halogens is 1. The molecule has 1 aromatic rings. The monoisotopic (exact) mass is 333 g/mol. The fraction of sp³-hybridized carbons (Fsp3) is 0.636. The van der Waals surface area contributed by atoms with E-state index in [-0.39, 0.29) is 5.56 Å². The van der Waals surface area contributed by atoms with Crippen LogP contribution in [0.2, 0.25) is 0 Å². The molecular formula is C11H16IN3O. The van der Waals surface area contributed by atoms with E-state index in [0.29, 0.717) is 9.39 Å². The Labute approximate surface area is 108 Å². The molecule has 1 saturated carbocycles. The summed E-state index contributed by atoms with van der Waals surface area (Å²) < 4.78 is 0.645. The minimum atomic E-state index is -0.0714. The largest absolute Gasteiger partial charge is 0.369 e. The molecule has 5 heteroatoms. The van der Waals surface area contributed by atoms with Gasteiger partial charge < -0.3 is 10.3 Å². The number of hydrogen-bond acceptors (Lipinski definition) is 3. The van der Waals surface area contributed by atoms with Gasteiger partial charge in [-0.1, -0.05) is 13.3 Å². The molecule has 0 bridgehead atoms. The van der Waals surface area contributed by atoms with Crippen molar-refractivity contribution < 1.29 is 0 Å². The van der Waals surface area contributed by atoms with Crippen molar-refractivity contribution in [2.24, 2.45) is 11.8 Å². The molecule has 0 radical (unpaired) electrons. The van der Waals surface area contributed by atoms with Gasteiger partial charge in [-0.05, 0) is 47.3 Å². The lowest BCUT2D eigenvalue weighted by Crippen LogP contribution is -2.18. The van der Waals surface area contributed by atoms with Crippen LogP contribution in [0.1, 0.15) is 26.2 Å². The Kier molecular flexibility index (Phi) is 3.83. The minimum Gasteiger partial charge on any atom is -0.369 e. The van der Waals surface area contributed by atoms with Crippen molar-refractivity contribution in [3.8, 4) is 0 Å². The smallest absolute Gasteiger partial charge is 0.266 e. The van der Waals surface area contributed by atoms with Crippen LogP contribution in [0.5, 0.6) is 0 Å². The second-order valence-corrected chi connectivity index (χ2v) is 5.64. The molecule has 2 unspecified atom stereocenters. The van der Waals surface area contributed by atoms with Crippen molar-refractivity contribution in [3.05, 3.63) is 20.3 Å². The van der Waals surface area contributed by atoms with Gasteiger partial charge >= 0.3 is 0 Å². The quantitative estimate of drug-likeness (QED) is 0.834. The zero-order valence-electron chi connectivity index (χ0n) is 9.29. The highest BCUT2D eigenvalue weighted by atomic mass is 127. The summed E-state index contributed by atoms with van der Waals surface area (Å²) in [6.07, 6.45) is 5.34. The van der Waals surface area contributed by atoms with E-state index < -0.39 is 0 Å². The molecule has 1 aliphatic carbocycles. The summed E-state index contributed by atoms with van der Waals surface area (Å²) in [6.45, 7) is 3.23. The predicted octanol–water partition coefficient (Wildman–Crippen LogP) is 2.22. The Hall–Kier alpha value is -0.590. The van der Waals surface area contributed by atoms with Crippen LogP contribution in [0, 0.1) is 15.4 Å². The normalized spacial score (nSPS) is 24.6. The van der Waals surface area contributed by atoms with Crippen molar-refractivity contribution in [2.45, 2.75) is 26.2 Å². The van der Waals surface area contributed by atoms with Crippen molar-refractivity contribution >= 4 is 28.4 Å². The van der Waals surface area contributed by atoms with E-state index in [1.165, 1.54) is 25.6 Å². The van der Waals surface area contributed by atoms with Crippen LogP contribution in [-0.2, 0) is 0 Å². The lowest BCUT2D eigenvalue weighted by Gasteiger charge is -2.11. The molecule has 2 N–H and O–H groups in total. The van der Waals surface area contributed by atoms with Gasteiger partial charge in [0.2, 0.25) is 0 Å². The van der Waals surface area contributed by atoms with E-state index in [4.69, 9.17) is 0 Å². The molecule has 0 aromatic carbocycles. The van der Waals surface area contributed by atoms with Crippen molar-refractivity contribution in [1.29, 1.82) is 0 Å². The summed E-state index contributed by atoms with van der Waals surface area (Å²) in [5.41, 5.74) is -0.0714. The number of aromatic amines is 1. The number of H-pyrrole nitrogens is 1. The van der Waals surface area contributed by atoms with Crippen LogP contribution in [0.4, 0.5) is 5.82 Å². The van der Waals surface area contributed by atoms with Crippen LogP contribution in [-0.4, -0.2) is 16.5 Å². The summed E-state index contributed by atoms with van der Waals surface area (Å²) in [5.74, 6) is 2.29. The van der Waals surface area contributed by atoms with Crippen molar-refractivity contribution in [2.75, 3.05) is 11.9 Å². The lowest BCUT2D eigenvalue weighted by molar-refractivity contribution is 0.536. The molecule has 88 valence electrons. The average Bonchev–Trinajstić information content (AvgIpc) is 2.67. The van der Waals surface area contributed by atoms with E-state index >= 15 is 0 Å². The fourth-order valence-electron chi connectivity index (χ4n) is 2.26. The van der Waals surface area contributed by atoms with Gasteiger partial charge in [-0.25, -0.2) is 4.98 Å². The average molecular weight is 333 g/mol. The van der Waals surface area contributed by atoms with Gasteiger partial charge in [0.1, 0.15) is 9.39 Å². The zero-order chi connectivity index (χ0) is 11.5. The van der Waals surface area contributed by atoms with E-state index in [1.54, 1.807) is 0 Å². The summed E-state index contributed by atoms with van der Waals surface area (Å²) in [4.78, 5) is 18.1. The molecule has 1 fully saturated rings. The van der Waals surface area contributed by atoms with Crippen LogP contribution in [0.3, 0.4) is 0 Å². The molecule has 4 nitrogen and oxygen atoms in total. The van der Waals surface area contributed by atoms with Crippen LogP contribution in [0.25, 0.3) is 0 Å². The number of nitrogens with zero attached hydrogens (tertiary/aromatic N) is 1. The van der Waals surface area contributed by atoms with Crippen LogP contribution < -0.4 is 10.9 Å². The lowest BCUT2D eigenvalue weighted by atomic mass is 10.1. The van der Waals surface area contributed by atoms with Gasteiger partial charge in [-0.3, -0.25) is 4.79 Å². The van der Waals surface area contributed by atoms with Crippen LogP contribution >= 0.6 is 22.6 Å². The summed E-state index contributed by atoms with van der Waals surface area (Å²) >= 11 is 2.03. The third-order valence-electron chi connectivity index (χ3n) is 3.16. The number of nitrogens with one attached hydrogen (secondary N) is 2. The van der Waals surface area contributed by atoms with Crippen molar-refractivity contribution in [3.63, 3.8) is 0 Å². The number of anilines is 1. The first kappa shape index (κ1) is 11.9. The number of rotatable bonds is 3. The highest BCUT2D eigenvalue weighted by Gasteiger charge is 2.21. The predicted molar refractivity (Wildman–Crippen MR) is 72.6 cm³/mol. The summed E-state index contributed by atoms with van der Waals surface area (Å²) in [7, 11) is 0. The third-order valence-corrected chi connectivity index (χ3v) is 4.16. The fourth-order valence-corrected chi connectivity index (χ4v) is 2.74. The molecule has 0 amide bonds. The van der Waals surface area contributed by atoms with Crippen LogP contribution in [0.15, 0.2) is 11.1 Å². The maximum atomic E-state index is 11.3. The van der Waals surface area contributed by atoms with Gasteiger partial charge in [0.05, 0.1) is 6.33 Å². The maximum absolute atomic E-state index is 11.3. The number of hydrogen-bond donors (Lipinski definition) is 2. The van der Waals surface area contributed by atoms with Gasteiger partial charge in [-0.2, -0.15) is 0 Å². The van der Waals surface area contributed by atoms with Gasteiger partial charge in [-0.15, -0.1) is 0 Å². The Bertz CT molecular complexity index is 418. The van der Waals surface area contributed by atoms with E-state index in [0.717, 1.165) is 18.4 Å². The molecular weight excluding hydrogens is 317 g/mol.